The average molecular weight is 390 g/mol. The lowest BCUT2D eigenvalue weighted by atomic mass is 9.97. The van der Waals surface area contributed by atoms with Gasteiger partial charge in [0.05, 0.1) is 5.92 Å². The predicted molar refractivity (Wildman–Crippen MR) is 111 cm³/mol. The Kier molecular flexibility index (Phi) is 5.56. The van der Waals surface area contributed by atoms with Crippen LogP contribution in [0.25, 0.3) is 0 Å². The molecule has 148 valence electrons. The van der Waals surface area contributed by atoms with Gasteiger partial charge < -0.3 is 20.1 Å². The summed E-state index contributed by atoms with van der Waals surface area (Å²) in [6, 6.07) is 17.1. The van der Waals surface area contributed by atoms with Gasteiger partial charge in [0, 0.05) is 31.2 Å². The summed E-state index contributed by atoms with van der Waals surface area (Å²) in [5, 5.41) is 12.4. The first-order chi connectivity index (χ1) is 14.2. The molecule has 1 saturated heterocycles. The Bertz CT molecular complexity index is 955. The molecule has 2 aromatic heterocycles. The Balaban J connectivity index is 1.44. The molecule has 4 rings (SSSR count). The largest absolute Gasteiger partial charge is 0.481 e. The van der Waals surface area contributed by atoms with Crippen molar-refractivity contribution in [1.29, 1.82) is 0 Å². The van der Waals surface area contributed by atoms with Gasteiger partial charge in [-0.3, -0.25) is 4.79 Å². The fraction of sp³-hybridized carbons (Fsp3) is 0.227. The molecule has 7 heteroatoms. The number of benzene rings is 1. The number of hydrogen-bond acceptors (Lipinski definition) is 6. The fourth-order valence-electron chi connectivity index (χ4n) is 3.37. The SMILES string of the molecule is O=C(O)C1CCN(c2cccnc2Oc2ccc(Nc3ccccn3)cc2)CC1. The number of pyridine rings is 2. The van der Waals surface area contributed by atoms with Gasteiger partial charge in [0.1, 0.15) is 17.3 Å². The number of carboxylic acids is 1. The molecular weight excluding hydrogens is 368 g/mol. The molecule has 0 bridgehead atoms. The maximum absolute atomic E-state index is 11.2. The molecular formula is C22H22N4O3. The number of ether oxygens (including phenoxy) is 1. The molecule has 0 spiro atoms. The normalized spacial score (nSPS) is 14.4. The van der Waals surface area contributed by atoms with Crippen LogP contribution in [0, 0.1) is 5.92 Å². The summed E-state index contributed by atoms with van der Waals surface area (Å²) in [4.78, 5) is 22.0. The number of nitrogens with one attached hydrogen (secondary N) is 1. The molecule has 0 amide bonds. The second-order valence-electron chi connectivity index (χ2n) is 6.89. The number of rotatable bonds is 6. The minimum atomic E-state index is -0.716. The first kappa shape index (κ1) is 18.7. The Hall–Kier alpha value is -3.61. The highest BCUT2D eigenvalue weighted by Gasteiger charge is 2.26. The molecule has 0 saturated carbocycles. The molecule has 1 aromatic carbocycles. The van der Waals surface area contributed by atoms with Gasteiger partial charge >= 0.3 is 5.97 Å². The van der Waals surface area contributed by atoms with Gasteiger partial charge in [-0.15, -0.1) is 0 Å². The summed E-state index contributed by atoms with van der Waals surface area (Å²) >= 11 is 0. The van der Waals surface area contributed by atoms with Crippen LogP contribution in [-0.2, 0) is 4.79 Å². The molecule has 2 N–H and O–H groups in total. The third kappa shape index (κ3) is 4.63. The van der Waals surface area contributed by atoms with E-state index in [1.807, 2.05) is 54.6 Å². The standard InChI is InChI=1S/C22H22N4O3/c27-22(28)16-10-14-26(15-11-16)19-4-3-13-24-21(19)29-18-8-6-17(7-9-18)25-20-5-1-2-12-23-20/h1-9,12-13,16H,10-11,14-15H2,(H,23,25)(H,27,28). The van der Waals surface area contributed by atoms with E-state index in [2.05, 4.69) is 20.2 Å². The van der Waals surface area contributed by atoms with Crippen LogP contribution in [-0.4, -0.2) is 34.1 Å². The zero-order valence-corrected chi connectivity index (χ0v) is 15.9. The highest BCUT2D eigenvalue weighted by molar-refractivity contribution is 5.70. The monoisotopic (exact) mass is 390 g/mol. The lowest BCUT2D eigenvalue weighted by molar-refractivity contribution is -0.142. The van der Waals surface area contributed by atoms with Crippen LogP contribution in [0.15, 0.2) is 67.0 Å². The van der Waals surface area contributed by atoms with Gasteiger partial charge in [0.25, 0.3) is 0 Å². The van der Waals surface area contributed by atoms with Crippen molar-refractivity contribution in [2.24, 2.45) is 5.92 Å². The van der Waals surface area contributed by atoms with Crippen molar-refractivity contribution in [2.75, 3.05) is 23.3 Å². The summed E-state index contributed by atoms with van der Waals surface area (Å²) < 4.78 is 6.03. The van der Waals surface area contributed by atoms with E-state index in [0.29, 0.717) is 37.6 Å². The van der Waals surface area contributed by atoms with Gasteiger partial charge in [-0.25, -0.2) is 9.97 Å². The topological polar surface area (TPSA) is 87.6 Å². The Labute approximate surface area is 169 Å². The molecule has 0 atom stereocenters. The smallest absolute Gasteiger partial charge is 0.306 e. The van der Waals surface area contributed by atoms with Crippen LogP contribution in [0.3, 0.4) is 0 Å². The zero-order valence-electron chi connectivity index (χ0n) is 15.9. The minimum absolute atomic E-state index is 0.272. The predicted octanol–water partition coefficient (Wildman–Crippen LogP) is 4.31. The van der Waals surface area contributed by atoms with E-state index in [1.54, 1.807) is 12.4 Å². The quantitative estimate of drug-likeness (QED) is 0.648. The summed E-state index contributed by atoms with van der Waals surface area (Å²) in [5.41, 5.74) is 1.79. The zero-order chi connectivity index (χ0) is 20.1. The van der Waals surface area contributed by atoms with Gasteiger partial charge in [-0.05, 0) is 61.4 Å². The molecule has 3 heterocycles. The van der Waals surface area contributed by atoms with Crippen molar-refractivity contribution in [3.8, 4) is 11.6 Å². The number of piperidine rings is 1. The van der Waals surface area contributed by atoms with Crippen molar-refractivity contribution in [1.82, 2.24) is 9.97 Å². The first-order valence-corrected chi connectivity index (χ1v) is 9.58. The van der Waals surface area contributed by atoms with Crippen LogP contribution in [0.4, 0.5) is 17.2 Å². The number of hydrogen-bond donors (Lipinski definition) is 2. The fourth-order valence-corrected chi connectivity index (χ4v) is 3.37. The van der Waals surface area contributed by atoms with Crippen LogP contribution in [0.5, 0.6) is 11.6 Å². The van der Waals surface area contributed by atoms with E-state index in [9.17, 15) is 9.90 Å². The number of aromatic nitrogens is 2. The summed E-state index contributed by atoms with van der Waals surface area (Å²) in [7, 11) is 0. The molecule has 1 fully saturated rings. The van der Waals surface area contributed by atoms with E-state index in [1.165, 1.54) is 0 Å². The Morgan fingerprint density at radius 1 is 1.00 bits per heavy atom. The van der Waals surface area contributed by atoms with Gasteiger partial charge in [0.2, 0.25) is 5.88 Å². The molecule has 29 heavy (non-hydrogen) atoms. The van der Waals surface area contributed by atoms with Crippen molar-refractivity contribution >= 4 is 23.2 Å². The van der Waals surface area contributed by atoms with Gasteiger partial charge in [-0.2, -0.15) is 0 Å². The van der Waals surface area contributed by atoms with Crippen molar-refractivity contribution in [3.05, 3.63) is 67.0 Å². The highest BCUT2D eigenvalue weighted by atomic mass is 16.5. The van der Waals surface area contributed by atoms with Crippen LogP contribution >= 0.6 is 0 Å². The van der Waals surface area contributed by atoms with Crippen molar-refractivity contribution < 1.29 is 14.6 Å². The van der Waals surface area contributed by atoms with Crippen molar-refractivity contribution in [2.45, 2.75) is 12.8 Å². The average Bonchev–Trinajstić information content (AvgIpc) is 2.76. The molecule has 1 aliphatic heterocycles. The Morgan fingerprint density at radius 2 is 1.76 bits per heavy atom. The van der Waals surface area contributed by atoms with Crippen molar-refractivity contribution in [3.63, 3.8) is 0 Å². The van der Waals surface area contributed by atoms with Gasteiger partial charge in [-0.1, -0.05) is 6.07 Å². The second-order valence-corrected chi connectivity index (χ2v) is 6.89. The van der Waals surface area contributed by atoms with Crippen LogP contribution in [0.2, 0.25) is 0 Å². The summed E-state index contributed by atoms with van der Waals surface area (Å²) in [6.07, 6.45) is 4.68. The third-order valence-corrected chi connectivity index (χ3v) is 4.94. The first-order valence-electron chi connectivity index (χ1n) is 9.58. The van der Waals surface area contributed by atoms with E-state index in [-0.39, 0.29) is 5.92 Å². The molecule has 0 radical (unpaired) electrons. The number of carbonyl (C=O) groups is 1. The van der Waals surface area contributed by atoms with E-state index in [4.69, 9.17) is 4.74 Å². The maximum Gasteiger partial charge on any atom is 0.306 e. The maximum atomic E-state index is 11.2. The summed E-state index contributed by atoms with van der Waals surface area (Å²) in [6.45, 7) is 1.35. The highest BCUT2D eigenvalue weighted by Crippen LogP contribution is 2.33. The third-order valence-electron chi connectivity index (χ3n) is 4.94. The Morgan fingerprint density at radius 3 is 2.45 bits per heavy atom. The van der Waals surface area contributed by atoms with Crippen LogP contribution < -0.4 is 15.0 Å². The van der Waals surface area contributed by atoms with E-state index < -0.39 is 5.97 Å². The molecule has 0 aliphatic carbocycles. The number of anilines is 3. The van der Waals surface area contributed by atoms with E-state index in [0.717, 1.165) is 17.2 Å². The second kappa shape index (κ2) is 8.60. The number of carboxylic acid groups (broad SMARTS) is 1. The lowest BCUT2D eigenvalue weighted by Crippen LogP contribution is -2.36. The molecule has 1 aliphatic rings. The molecule has 7 nitrogen and oxygen atoms in total. The summed E-state index contributed by atoms with van der Waals surface area (Å²) in [5.74, 6) is 0.986. The number of aliphatic carboxylic acids is 1. The molecule has 3 aromatic rings. The minimum Gasteiger partial charge on any atom is -0.481 e. The number of nitrogens with zero attached hydrogens (tertiary/aromatic N) is 3. The lowest BCUT2D eigenvalue weighted by Gasteiger charge is -2.32. The molecule has 0 unspecified atom stereocenters. The van der Waals surface area contributed by atoms with Crippen LogP contribution in [0.1, 0.15) is 12.8 Å². The van der Waals surface area contributed by atoms with E-state index >= 15 is 0 Å². The van der Waals surface area contributed by atoms with Gasteiger partial charge in [0.15, 0.2) is 0 Å².